The Morgan fingerprint density at radius 2 is 1.87 bits per heavy atom. The second-order valence-electron chi connectivity index (χ2n) is 4.78. The molecule has 0 fully saturated rings. The third-order valence-electron chi connectivity index (χ3n) is 3.31. The number of nitrogens with zero attached hydrogens (tertiary/aromatic N) is 4. The molecule has 3 rings (SSSR count). The number of aliphatic hydroxyl groups is 1. The van der Waals surface area contributed by atoms with Crippen molar-refractivity contribution >= 4 is 21.6 Å². The van der Waals surface area contributed by atoms with Gasteiger partial charge in [-0.2, -0.15) is 0 Å². The first-order valence-corrected chi connectivity index (χ1v) is 7.45. The summed E-state index contributed by atoms with van der Waals surface area (Å²) in [5, 5.41) is 29.3. The van der Waals surface area contributed by atoms with Crippen molar-refractivity contribution in [1.82, 2.24) is 15.0 Å². The van der Waals surface area contributed by atoms with Crippen molar-refractivity contribution in [3.8, 4) is 5.69 Å². The van der Waals surface area contributed by atoms with E-state index < -0.39 is 11.0 Å². The van der Waals surface area contributed by atoms with Gasteiger partial charge in [0, 0.05) is 10.5 Å². The van der Waals surface area contributed by atoms with E-state index in [0.717, 1.165) is 10.2 Å². The summed E-state index contributed by atoms with van der Waals surface area (Å²) in [6.07, 6.45) is 0.325. The van der Waals surface area contributed by atoms with Crippen molar-refractivity contribution in [1.29, 1.82) is 0 Å². The Morgan fingerprint density at radius 3 is 2.57 bits per heavy atom. The summed E-state index contributed by atoms with van der Waals surface area (Å²) in [7, 11) is 0. The highest BCUT2D eigenvalue weighted by atomic mass is 79.9. The number of rotatable bonds is 4. The largest absolute Gasteiger partial charge is 0.382 e. The second-order valence-corrected chi connectivity index (χ2v) is 5.70. The van der Waals surface area contributed by atoms with Crippen molar-refractivity contribution < 1.29 is 10.0 Å². The highest BCUT2D eigenvalue weighted by Crippen LogP contribution is 2.28. The van der Waals surface area contributed by atoms with Crippen LogP contribution in [0.1, 0.15) is 17.4 Å². The Kier molecular flexibility index (Phi) is 4.18. The van der Waals surface area contributed by atoms with Crippen LogP contribution in [0.4, 0.5) is 5.69 Å². The van der Waals surface area contributed by atoms with Gasteiger partial charge in [0.15, 0.2) is 0 Å². The standard InChI is InChI=1S/C15H11BrN4O3/c16-10-5-7-11(8-6-10)19-9-13(17-18-19)15(21)12-3-1-2-4-14(12)20(22)23/h1-9,15,21H. The van der Waals surface area contributed by atoms with E-state index in [1.54, 1.807) is 18.3 Å². The topological polar surface area (TPSA) is 94.1 Å². The summed E-state index contributed by atoms with van der Waals surface area (Å²) < 4.78 is 2.43. The summed E-state index contributed by atoms with van der Waals surface area (Å²) >= 11 is 3.35. The fourth-order valence-electron chi connectivity index (χ4n) is 2.17. The van der Waals surface area contributed by atoms with Gasteiger partial charge in [-0.1, -0.05) is 33.3 Å². The molecule has 1 aromatic heterocycles. The van der Waals surface area contributed by atoms with E-state index in [9.17, 15) is 15.2 Å². The molecule has 7 nitrogen and oxygen atoms in total. The molecule has 8 heteroatoms. The quantitative estimate of drug-likeness (QED) is 0.559. The van der Waals surface area contributed by atoms with Gasteiger partial charge in [-0.05, 0) is 30.3 Å². The van der Waals surface area contributed by atoms with Crippen LogP contribution in [0.3, 0.4) is 0 Å². The van der Waals surface area contributed by atoms with Gasteiger partial charge >= 0.3 is 0 Å². The molecule has 0 aliphatic carbocycles. The van der Waals surface area contributed by atoms with E-state index in [1.165, 1.54) is 16.8 Å². The van der Waals surface area contributed by atoms with Crippen molar-refractivity contribution in [2.45, 2.75) is 6.10 Å². The van der Waals surface area contributed by atoms with E-state index in [-0.39, 0.29) is 16.9 Å². The molecule has 1 unspecified atom stereocenters. The maximum atomic E-state index is 11.1. The van der Waals surface area contributed by atoms with Crippen LogP contribution in [0.25, 0.3) is 5.69 Å². The molecule has 0 aliphatic rings. The van der Waals surface area contributed by atoms with Gasteiger partial charge in [0.25, 0.3) is 5.69 Å². The molecule has 0 radical (unpaired) electrons. The van der Waals surface area contributed by atoms with E-state index >= 15 is 0 Å². The smallest absolute Gasteiger partial charge is 0.275 e. The molecule has 1 atom stereocenters. The fourth-order valence-corrected chi connectivity index (χ4v) is 2.43. The van der Waals surface area contributed by atoms with Crippen LogP contribution in [0.15, 0.2) is 59.2 Å². The lowest BCUT2D eigenvalue weighted by Gasteiger charge is -2.07. The van der Waals surface area contributed by atoms with Gasteiger partial charge in [0.05, 0.1) is 22.4 Å². The van der Waals surface area contributed by atoms with Crippen molar-refractivity contribution in [3.05, 3.63) is 80.6 Å². The number of halogens is 1. The first-order valence-electron chi connectivity index (χ1n) is 6.66. The van der Waals surface area contributed by atoms with Crippen molar-refractivity contribution in [2.24, 2.45) is 0 Å². The number of aromatic nitrogens is 3. The first-order chi connectivity index (χ1) is 11.1. The number of hydrogen-bond acceptors (Lipinski definition) is 5. The van der Waals surface area contributed by atoms with Gasteiger partial charge < -0.3 is 5.11 Å². The molecule has 0 spiro atoms. The van der Waals surface area contributed by atoms with Crippen LogP contribution < -0.4 is 0 Å². The number of nitro groups is 1. The van der Waals surface area contributed by atoms with Crippen LogP contribution in [0.5, 0.6) is 0 Å². The van der Waals surface area contributed by atoms with Crippen LogP contribution in [0, 0.1) is 10.1 Å². The van der Waals surface area contributed by atoms with Crippen LogP contribution >= 0.6 is 15.9 Å². The highest BCUT2D eigenvalue weighted by molar-refractivity contribution is 9.10. The molecule has 0 saturated heterocycles. The number of nitro benzene ring substituents is 1. The summed E-state index contributed by atoms with van der Waals surface area (Å²) in [4.78, 5) is 10.5. The maximum absolute atomic E-state index is 11.1. The molecule has 0 saturated carbocycles. The second kappa shape index (κ2) is 6.27. The zero-order valence-corrected chi connectivity index (χ0v) is 13.3. The Bertz CT molecular complexity index is 848. The normalized spacial score (nSPS) is 12.1. The zero-order valence-electron chi connectivity index (χ0n) is 11.7. The monoisotopic (exact) mass is 374 g/mol. The van der Waals surface area contributed by atoms with Crippen LogP contribution in [-0.2, 0) is 0 Å². The lowest BCUT2D eigenvalue weighted by Crippen LogP contribution is -2.04. The van der Waals surface area contributed by atoms with E-state index in [0.29, 0.717) is 0 Å². The number of para-hydroxylation sites is 1. The fraction of sp³-hybridized carbons (Fsp3) is 0.0667. The molecule has 116 valence electrons. The van der Waals surface area contributed by atoms with E-state index in [1.807, 2.05) is 24.3 Å². The number of aliphatic hydroxyl groups excluding tert-OH is 1. The van der Waals surface area contributed by atoms with Gasteiger partial charge in [0.1, 0.15) is 11.8 Å². The minimum Gasteiger partial charge on any atom is -0.382 e. The predicted molar refractivity (Wildman–Crippen MR) is 86.2 cm³/mol. The summed E-state index contributed by atoms with van der Waals surface area (Å²) in [5.74, 6) is 0. The maximum Gasteiger partial charge on any atom is 0.275 e. The van der Waals surface area contributed by atoms with Crippen molar-refractivity contribution in [2.75, 3.05) is 0 Å². The molecule has 0 aliphatic heterocycles. The SMILES string of the molecule is O=[N+]([O-])c1ccccc1C(O)c1cn(-c2ccc(Br)cc2)nn1. The highest BCUT2D eigenvalue weighted by Gasteiger charge is 2.23. The Morgan fingerprint density at radius 1 is 1.17 bits per heavy atom. The lowest BCUT2D eigenvalue weighted by molar-refractivity contribution is -0.386. The van der Waals surface area contributed by atoms with Crippen LogP contribution in [-0.4, -0.2) is 25.0 Å². The van der Waals surface area contributed by atoms with Gasteiger partial charge in [-0.15, -0.1) is 5.10 Å². The summed E-state index contributed by atoms with van der Waals surface area (Å²) in [6, 6.07) is 13.4. The molecular weight excluding hydrogens is 364 g/mol. The van der Waals surface area contributed by atoms with E-state index in [2.05, 4.69) is 26.2 Å². The number of benzene rings is 2. The molecule has 0 bridgehead atoms. The van der Waals surface area contributed by atoms with Crippen LogP contribution in [0.2, 0.25) is 0 Å². The third-order valence-corrected chi connectivity index (χ3v) is 3.84. The molecule has 2 aromatic carbocycles. The minimum absolute atomic E-state index is 0.154. The molecule has 1 N–H and O–H groups in total. The Labute approximate surface area is 139 Å². The zero-order chi connectivity index (χ0) is 16.4. The van der Waals surface area contributed by atoms with Gasteiger partial charge in [-0.3, -0.25) is 10.1 Å². The molecule has 1 heterocycles. The van der Waals surface area contributed by atoms with Gasteiger partial charge in [-0.25, -0.2) is 4.68 Å². The van der Waals surface area contributed by atoms with Gasteiger partial charge in [0.2, 0.25) is 0 Å². The average Bonchev–Trinajstić information content (AvgIpc) is 3.04. The predicted octanol–water partition coefficient (Wildman–Crippen LogP) is 3.02. The molecule has 3 aromatic rings. The first kappa shape index (κ1) is 15.3. The molecule has 23 heavy (non-hydrogen) atoms. The third kappa shape index (κ3) is 3.13. The minimum atomic E-state index is -1.22. The Balaban J connectivity index is 1.94. The molecular formula is C15H11BrN4O3. The summed E-state index contributed by atoms with van der Waals surface area (Å²) in [6.45, 7) is 0. The Hall–Kier alpha value is -2.58. The summed E-state index contributed by atoms with van der Waals surface area (Å²) in [5.41, 5.74) is 1.03. The van der Waals surface area contributed by atoms with E-state index in [4.69, 9.17) is 0 Å². The average molecular weight is 375 g/mol. The number of hydrogen-bond donors (Lipinski definition) is 1. The van der Waals surface area contributed by atoms with Crippen molar-refractivity contribution in [3.63, 3.8) is 0 Å². The lowest BCUT2D eigenvalue weighted by atomic mass is 10.1. The molecule has 0 amide bonds.